The highest BCUT2D eigenvalue weighted by Gasteiger charge is 2.37. The standard InChI is InChI=1S/C17H20ClNO3/c1-2-3-11-22-12-7-10-19-16(20)14(15(18)17(19)21)13-8-5-4-6-9-13/h4-6,8-9H,2-3,7,10-12H2,1H3. The monoisotopic (exact) mass is 321 g/mol. The van der Waals surface area contributed by atoms with Crippen LogP contribution in [0.3, 0.4) is 0 Å². The Bertz CT molecular complexity index is 569. The minimum Gasteiger partial charge on any atom is -0.381 e. The molecule has 0 saturated carbocycles. The van der Waals surface area contributed by atoms with Crippen LogP contribution in [0, 0.1) is 0 Å². The van der Waals surface area contributed by atoms with Gasteiger partial charge in [-0.2, -0.15) is 0 Å². The Labute approximate surface area is 135 Å². The molecular formula is C17H20ClNO3. The third-order valence-corrected chi connectivity index (χ3v) is 3.84. The average Bonchev–Trinajstić information content (AvgIpc) is 2.74. The summed E-state index contributed by atoms with van der Waals surface area (Å²) < 4.78 is 5.45. The van der Waals surface area contributed by atoms with Gasteiger partial charge in [0.25, 0.3) is 11.8 Å². The summed E-state index contributed by atoms with van der Waals surface area (Å²) in [6.45, 7) is 3.68. The van der Waals surface area contributed by atoms with Gasteiger partial charge in [0, 0.05) is 19.8 Å². The van der Waals surface area contributed by atoms with E-state index in [0.717, 1.165) is 12.8 Å². The van der Waals surface area contributed by atoms with E-state index in [-0.39, 0.29) is 10.9 Å². The maximum Gasteiger partial charge on any atom is 0.273 e. The Kier molecular flexibility index (Phi) is 6.16. The first-order valence-electron chi connectivity index (χ1n) is 7.56. The van der Waals surface area contributed by atoms with Crippen LogP contribution in [0.1, 0.15) is 31.7 Å². The quantitative estimate of drug-likeness (QED) is 0.545. The first-order chi connectivity index (χ1) is 10.7. The zero-order valence-corrected chi connectivity index (χ0v) is 13.4. The van der Waals surface area contributed by atoms with E-state index in [1.54, 1.807) is 12.1 Å². The summed E-state index contributed by atoms with van der Waals surface area (Å²) in [6.07, 6.45) is 2.73. The molecule has 0 atom stereocenters. The maximum atomic E-state index is 12.4. The third kappa shape index (κ3) is 3.76. The minimum atomic E-state index is -0.418. The first kappa shape index (κ1) is 16.7. The van der Waals surface area contributed by atoms with Gasteiger partial charge in [0.1, 0.15) is 5.03 Å². The molecular weight excluding hydrogens is 302 g/mol. The molecule has 0 saturated heterocycles. The van der Waals surface area contributed by atoms with Gasteiger partial charge < -0.3 is 4.74 Å². The Hall–Kier alpha value is -1.65. The average molecular weight is 322 g/mol. The molecule has 0 radical (unpaired) electrons. The van der Waals surface area contributed by atoms with Crippen LogP contribution in [0.15, 0.2) is 35.4 Å². The molecule has 1 aromatic rings. The summed E-state index contributed by atoms with van der Waals surface area (Å²) in [5, 5.41) is 0.00287. The molecule has 0 bridgehead atoms. The van der Waals surface area contributed by atoms with Crippen LogP contribution < -0.4 is 0 Å². The molecule has 1 heterocycles. The summed E-state index contributed by atoms with van der Waals surface area (Å²) in [4.78, 5) is 25.8. The van der Waals surface area contributed by atoms with Crippen molar-refractivity contribution in [3.05, 3.63) is 40.9 Å². The van der Waals surface area contributed by atoms with Gasteiger partial charge in [-0.1, -0.05) is 55.3 Å². The van der Waals surface area contributed by atoms with E-state index in [1.165, 1.54) is 4.90 Å². The van der Waals surface area contributed by atoms with Crippen molar-refractivity contribution in [2.75, 3.05) is 19.8 Å². The van der Waals surface area contributed by atoms with Crippen LogP contribution >= 0.6 is 11.6 Å². The van der Waals surface area contributed by atoms with Gasteiger partial charge in [0.05, 0.1) is 5.57 Å². The lowest BCUT2D eigenvalue weighted by atomic mass is 10.1. The van der Waals surface area contributed by atoms with E-state index in [2.05, 4.69) is 6.92 Å². The lowest BCUT2D eigenvalue weighted by Gasteiger charge is -2.14. The largest absolute Gasteiger partial charge is 0.381 e. The van der Waals surface area contributed by atoms with Crippen LogP contribution in [0.5, 0.6) is 0 Å². The smallest absolute Gasteiger partial charge is 0.273 e. The van der Waals surface area contributed by atoms with Gasteiger partial charge >= 0.3 is 0 Å². The fraction of sp³-hybridized carbons (Fsp3) is 0.412. The van der Waals surface area contributed by atoms with Crippen molar-refractivity contribution in [1.82, 2.24) is 4.90 Å². The number of halogens is 1. The highest BCUT2D eigenvalue weighted by atomic mass is 35.5. The molecule has 2 rings (SSSR count). The number of hydrogen-bond donors (Lipinski definition) is 0. The van der Waals surface area contributed by atoms with E-state index in [1.807, 2.05) is 18.2 Å². The van der Waals surface area contributed by atoms with Crippen LogP contribution in [0.4, 0.5) is 0 Å². The summed E-state index contributed by atoms with van der Waals surface area (Å²) >= 11 is 6.07. The molecule has 2 amide bonds. The highest BCUT2D eigenvalue weighted by molar-refractivity contribution is 6.55. The first-order valence-corrected chi connectivity index (χ1v) is 7.93. The SMILES string of the molecule is CCCCOCCCN1C(=O)C(Cl)=C(c2ccccc2)C1=O. The van der Waals surface area contributed by atoms with Gasteiger partial charge in [0.15, 0.2) is 0 Å². The molecule has 0 spiro atoms. The summed E-state index contributed by atoms with van der Waals surface area (Å²) in [5.41, 5.74) is 0.965. The number of imide groups is 1. The zero-order chi connectivity index (χ0) is 15.9. The highest BCUT2D eigenvalue weighted by Crippen LogP contribution is 2.31. The van der Waals surface area contributed by atoms with Gasteiger partial charge in [-0.25, -0.2) is 0 Å². The molecule has 0 aliphatic carbocycles. The number of ether oxygens (including phenoxy) is 1. The molecule has 0 fully saturated rings. The Morgan fingerprint density at radius 1 is 1.05 bits per heavy atom. The fourth-order valence-corrected chi connectivity index (χ4v) is 2.57. The molecule has 22 heavy (non-hydrogen) atoms. The van der Waals surface area contributed by atoms with Crippen molar-refractivity contribution in [3.63, 3.8) is 0 Å². The van der Waals surface area contributed by atoms with Gasteiger partial charge in [-0.05, 0) is 18.4 Å². The van der Waals surface area contributed by atoms with Crippen molar-refractivity contribution in [3.8, 4) is 0 Å². The van der Waals surface area contributed by atoms with Crippen LogP contribution in [0.2, 0.25) is 0 Å². The number of unbranched alkanes of at least 4 members (excludes halogenated alkanes) is 1. The zero-order valence-electron chi connectivity index (χ0n) is 12.7. The molecule has 4 nitrogen and oxygen atoms in total. The van der Waals surface area contributed by atoms with Crippen LogP contribution in [-0.4, -0.2) is 36.5 Å². The second kappa shape index (κ2) is 8.11. The number of rotatable bonds is 8. The number of amides is 2. The molecule has 0 N–H and O–H groups in total. The summed E-state index contributed by atoms with van der Waals surface area (Å²) in [5.74, 6) is -0.742. The van der Waals surface area contributed by atoms with E-state index < -0.39 is 5.91 Å². The van der Waals surface area contributed by atoms with Gasteiger partial charge in [-0.3, -0.25) is 14.5 Å². The Morgan fingerprint density at radius 3 is 2.41 bits per heavy atom. The summed E-state index contributed by atoms with van der Waals surface area (Å²) in [7, 11) is 0. The second-order valence-corrected chi connectivity index (χ2v) is 5.51. The molecule has 1 aromatic carbocycles. The van der Waals surface area contributed by atoms with Crippen LogP contribution in [0.25, 0.3) is 5.57 Å². The maximum absolute atomic E-state index is 12.4. The number of nitrogens with zero attached hydrogens (tertiary/aromatic N) is 1. The fourth-order valence-electron chi connectivity index (χ4n) is 2.28. The minimum absolute atomic E-state index is 0.00287. The van der Waals surface area contributed by atoms with Crippen molar-refractivity contribution >= 4 is 29.0 Å². The number of carbonyl (C=O) groups excluding carboxylic acids is 2. The molecule has 118 valence electrons. The molecule has 0 aromatic heterocycles. The van der Waals surface area contributed by atoms with Crippen molar-refractivity contribution in [2.24, 2.45) is 0 Å². The van der Waals surface area contributed by atoms with Gasteiger partial charge in [-0.15, -0.1) is 0 Å². The van der Waals surface area contributed by atoms with E-state index in [9.17, 15) is 9.59 Å². The molecule has 1 aliphatic heterocycles. The normalized spacial score (nSPS) is 15.1. The van der Waals surface area contributed by atoms with Crippen molar-refractivity contribution in [1.29, 1.82) is 0 Å². The molecule has 0 unspecified atom stereocenters. The third-order valence-electron chi connectivity index (χ3n) is 3.49. The number of carbonyl (C=O) groups is 2. The lowest BCUT2D eigenvalue weighted by Crippen LogP contribution is -2.32. The van der Waals surface area contributed by atoms with Gasteiger partial charge in [0.2, 0.25) is 0 Å². The van der Waals surface area contributed by atoms with E-state index in [4.69, 9.17) is 16.3 Å². The molecule has 5 heteroatoms. The number of benzene rings is 1. The van der Waals surface area contributed by atoms with E-state index in [0.29, 0.717) is 37.3 Å². The topological polar surface area (TPSA) is 46.6 Å². The molecule has 1 aliphatic rings. The second-order valence-electron chi connectivity index (χ2n) is 5.14. The Morgan fingerprint density at radius 2 is 1.73 bits per heavy atom. The van der Waals surface area contributed by atoms with Crippen molar-refractivity contribution < 1.29 is 14.3 Å². The van der Waals surface area contributed by atoms with E-state index >= 15 is 0 Å². The number of hydrogen-bond acceptors (Lipinski definition) is 3. The lowest BCUT2D eigenvalue weighted by molar-refractivity contribution is -0.136. The van der Waals surface area contributed by atoms with Crippen LogP contribution in [-0.2, 0) is 14.3 Å². The van der Waals surface area contributed by atoms with Crippen molar-refractivity contribution in [2.45, 2.75) is 26.2 Å². The summed E-state index contributed by atoms with van der Waals surface area (Å²) in [6, 6.07) is 9.04. The predicted molar refractivity (Wildman–Crippen MR) is 86.3 cm³/mol. The Balaban J connectivity index is 1.94. The predicted octanol–water partition coefficient (Wildman–Crippen LogP) is 3.21.